The van der Waals surface area contributed by atoms with Gasteiger partial charge in [-0.25, -0.2) is 4.39 Å². The summed E-state index contributed by atoms with van der Waals surface area (Å²) in [6.45, 7) is 0.971. The van der Waals surface area contributed by atoms with Gasteiger partial charge in [-0.15, -0.1) is 0 Å². The Labute approximate surface area is 149 Å². The Morgan fingerprint density at radius 2 is 1.88 bits per heavy atom. The van der Waals surface area contributed by atoms with Crippen molar-refractivity contribution in [1.82, 2.24) is 0 Å². The zero-order valence-corrected chi connectivity index (χ0v) is 14.2. The van der Waals surface area contributed by atoms with Gasteiger partial charge in [-0.3, -0.25) is 10.1 Å². The van der Waals surface area contributed by atoms with Crippen LogP contribution in [0.5, 0.6) is 5.75 Å². The van der Waals surface area contributed by atoms with Gasteiger partial charge in [-0.1, -0.05) is 12.1 Å². The minimum atomic E-state index is -0.920. The van der Waals surface area contributed by atoms with E-state index >= 15 is 0 Å². The molecule has 26 heavy (non-hydrogen) atoms. The molecule has 0 unspecified atom stereocenters. The maximum atomic E-state index is 14.1. The summed E-state index contributed by atoms with van der Waals surface area (Å²) in [7, 11) is 1.38. The molecule has 0 amide bonds. The van der Waals surface area contributed by atoms with E-state index in [1.807, 2.05) is 0 Å². The molecule has 0 atom stereocenters. The number of methoxy groups -OCH3 is 1. The molecule has 1 fully saturated rings. The van der Waals surface area contributed by atoms with Crippen LogP contribution in [0.1, 0.15) is 12.8 Å². The van der Waals surface area contributed by atoms with Gasteiger partial charge in [0.2, 0.25) is 5.82 Å². The Morgan fingerprint density at radius 1 is 1.19 bits per heavy atom. The van der Waals surface area contributed by atoms with E-state index in [9.17, 15) is 18.9 Å². The van der Waals surface area contributed by atoms with Crippen LogP contribution < -0.4 is 15.0 Å². The zero-order valence-electron chi connectivity index (χ0n) is 14.2. The lowest BCUT2D eigenvalue weighted by Gasteiger charge is -2.34. The Kier molecular flexibility index (Phi) is 5.20. The van der Waals surface area contributed by atoms with E-state index in [0.29, 0.717) is 31.6 Å². The third kappa shape index (κ3) is 3.68. The normalized spacial score (nSPS) is 15.0. The van der Waals surface area contributed by atoms with Crippen LogP contribution in [0.3, 0.4) is 0 Å². The number of nitro benzene ring substituents is 1. The molecule has 0 radical (unpaired) electrons. The fraction of sp³-hybridized carbons (Fsp3) is 0.333. The fourth-order valence-electron chi connectivity index (χ4n) is 3.16. The van der Waals surface area contributed by atoms with E-state index in [-0.39, 0.29) is 23.3 Å². The molecule has 1 aliphatic rings. The summed E-state index contributed by atoms with van der Waals surface area (Å²) in [5.41, 5.74) is 0.0897. The van der Waals surface area contributed by atoms with E-state index in [0.717, 1.165) is 6.07 Å². The first-order valence-electron chi connectivity index (χ1n) is 8.27. The van der Waals surface area contributed by atoms with Crippen molar-refractivity contribution in [2.75, 3.05) is 30.4 Å². The lowest BCUT2D eigenvalue weighted by Crippen LogP contribution is -2.39. The van der Waals surface area contributed by atoms with Crippen LogP contribution in [0.4, 0.5) is 25.8 Å². The molecular weight excluding hydrogens is 344 g/mol. The van der Waals surface area contributed by atoms with E-state index in [1.165, 1.54) is 19.2 Å². The number of ether oxygens (including phenoxy) is 1. The Balaban J connectivity index is 1.75. The highest BCUT2D eigenvalue weighted by atomic mass is 19.1. The number of halogens is 2. The first-order valence-corrected chi connectivity index (χ1v) is 8.27. The molecule has 0 bridgehead atoms. The molecule has 1 heterocycles. The molecule has 1 aliphatic heterocycles. The summed E-state index contributed by atoms with van der Waals surface area (Å²) in [5.74, 6) is -1.01. The number of rotatable bonds is 5. The molecule has 2 aromatic carbocycles. The number of anilines is 2. The Hall–Kier alpha value is -2.90. The van der Waals surface area contributed by atoms with Crippen molar-refractivity contribution in [2.24, 2.45) is 0 Å². The number of para-hydroxylation sites is 1. The Bertz CT molecular complexity index is 808. The Morgan fingerprint density at radius 3 is 2.50 bits per heavy atom. The summed E-state index contributed by atoms with van der Waals surface area (Å²) in [6.07, 6.45) is 1.29. The lowest BCUT2D eigenvalue weighted by molar-refractivity contribution is -0.386. The molecule has 3 rings (SSSR count). The summed E-state index contributed by atoms with van der Waals surface area (Å²) >= 11 is 0. The van der Waals surface area contributed by atoms with Crippen molar-refractivity contribution in [3.63, 3.8) is 0 Å². The summed E-state index contributed by atoms with van der Waals surface area (Å²) < 4.78 is 32.9. The van der Waals surface area contributed by atoms with Crippen LogP contribution in [-0.2, 0) is 0 Å². The molecule has 0 aromatic heterocycles. The molecule has 0 saturated carbocycles. The van der Waals surface area contributed by atoms with Crippen LogP contribution in [0.2, 0.25) is 0 Å². The van der Waals surface area contributed by atoms with Gasteiger partial charge in [0, 0.05) is 31.3 Å². The van der Waals surface area contributed by atoms with Gasteiger partial charge < -0.3 is 15.0 Å². The standard InChI is InChI=1S/C18H19F2N3O3/c1-26-13-10-15(20)18(23(24)25)17(11-13)22-8-6-12(7-9-22)21-16-5-3-2-4-14(16)19/h2-5,10-12,21H,6-9H2,1H3. The van der Waals surface area contributed by atoms with Gasteiger partial charge in [-0.05, 0) is 25.0 Å². The number of nitrogens with zero attached hydrogens (tertiary/aromatic N) is 2. The maximum absolute atomic E-state index is 14.1. The summed E-state index contributed by atoms with van der Waals surface area (Å²) in [6, 6.07) is 8.96. The van der Waals surface area contributed by atoms with Gasteiger partial charge in [0.05, 0.1) is 17.7 Å². The van der Waals surface area contributed by atoms with E-state index < -0.39 is 16.4 Å². The van der Waals surface area contributed by atoms with Gasteiger partial charge >= 0.3 is 5.69 Å². The predicted octanol–water partition coefficient (Wildman–Crippen LogP) is 3.96. The van der Waals surface area contributed by atoms with E-state index in [2.05, 4.69) is 5.32 Å². The first kappa shape index (κ1) is 17.9. The maximum Gasteiger partial charge on any atom is 0.328 e. The van der Waals surface area contributed by atoms with Crippen LogP contribution >= 0.6 is 0 Å². The fourth-order valence-corrected chi connectivity index (χ4v) is 3.16. The second kappa shape index (κ2) is 7.55. The van der Waals surface area contributed by atoms with Gasteiger partial charge in [0.25, 0.3) is 0 Å². The molecule has 0 spiro atoms. The van der Waals surface area contributed by atoms with Crippen LogP contribution in [0.15, 0.2) is 36.4 Å². The number of nitro groups is 1. The smallest absolute Gasteiger partial charge is 0.328 e. The second-order valence-corrected chi connectivity index (χ2v) is 6.12. The summed E-state index contributed by atoms with van der Waals surface area (Å²) in [5, 5.41) is 14.4. The number of hydrogen-bond donors (Lipinski definition) is 1. The van der Waals surface area contributed by atoms with Crippen molar-refractivity contribution in [2.45, 2.75) is 18.9 Å². The number of nitrogens with one attached hydrogen (secondary N) is 1. The minimum Gasteiger partial charge on any atom is -0.497 e. The van der Waals surface area contributed by atoms with Crippen molar-refractivity contribution in [1.29, 1.82) is 0 Å². The number of hydrogen-bond acceptors (Lipinski definition) is 5. The lowest BCUT2D eigenvalue weighted by atomic mass is 10.0. The van der Waals surface area contributed by atoms with Gasteiger partial charge in [0.15, 0.2) is 0 Å². The van der Waals surface area contributed by atoms with Crippen molar-refractivity contribution in [3.05, 3.63) is 58.1 Å². The quantitative estimate of drug-likeness (QED) is 0.643. The highest BCUT2D eigenvalue weighted by Gasteiger charge is 2.29. The topological polar surface area (TPSA) is 67.6 Å². The van der Waals surface area contributed by atoms with Crippen LogP contribution in [0.25, 0.3) is 0 Å². The predicted molar refractivity (Wildman–Crippen MR) is 94.9 cm³/mol. The molecule has 1 N–H and O–H groups in total. The highest BCUT2D eigenvalue weighted by Crippen LogP contribution is 2.36. The summed E-state index contributed by atoms with van der Waals surface area (Å²) in [4.78, 5) is 12.3. The SMILES string of the molecule is COc1cc(F)c([N+](=O)[O-])c(N2CCC(Nc3ccccc3F)CC2)c1. The molecule has 0 aliphatic carbocycles. The molecule has 138 valence electrons. The van der Waals surface area contributed by atoms with Crippen molar-refractivity contribution < 1.29 is 18.4 Å². The van der Waals surface area contributed by atoms with Gasteiger partial charge in [0.1, 0.15) is 17.3 Å². The largest absolute Gasteiger partial charge is 0.497 e. The third-order valence-electron chi connectivity index (χ3n) is 4.50. The average molecular weight is 363 g/mol. The van der Waals surface area contributed by atoms with Crippen molar-refractivity contribution >= 4 is 17.1 Å². The van der Waals surface area contributed by atoms with Gasteiger partial charge in [-0.2, -0.15) is 4.39 Å². The van der Waals surface area contributed by atoms with Crippen LogP contribution in [-0.4, -0.2) is 31.2 Å². The molecule has 6 nitrogen and oxygen atoms in total. The molecule has 1 saturated heterocycles. The number of benzene rings is 2. The first-order chi connectivity index (χ1) is 12.5. The molecule has 2 aromatic rings. The van der Waals surface area contributed by atoms with Crippen molar-refractivity contribution in [3.8, 4) is 5.75 Å². The monoisotopic (exact) mass is 363 g/mol. The molecule has 8 heteroatoms. The van der Waals surface area contributed by atoms with Crippen LogP contribution in [0, 0.1) is 21.7 Å². The van der Waals surface area contributed by atoms with E-state index in [1.54, 1.807) is 23.1 Å². The second-order valence-electron chi connectivity index (χ2n) is 6.12. The molecular formula is C18H19F2N3O3. The number of piperidine rings is 1. The third-order valence-corrected chi connectivity index (χ3v) is 4.50. The highest BCUT2D eigenvalue weighted by molar-refractivity contribution is 5.67. The van der Waals surface area contributed by atoms with E-state index in [4.69, 9.17) is 4.74 Å². The minimum absolute atomic E-state index is 0.0395. The average Bonchev–Trinajstić information content (AvgIpc) is 2.63. The zero-order chi connectivity index (χ0) is 18.7.